The summed E-state index contributed by atoms with van der Waals surface area (Å²) in [6, 6.07) is 8.71. The van der Waals surface area contributed by atoms with Gasteiger partial charge in [0.2, 0.25) is 5.95 Å². The maximum atomic E-state index is 12.7. The number of hydrogen-bond donors (Lipinski definition) is 0. The molecule has 0 aliphatic carbocycles. The van der Waals surface area contributed by atoms with Gasteiger partial charge < -0.3 is 0 Å². The molecule has 0 atom stereocenters. The van der Waals surface area contributed by atoms with Crippen molar-refractivity contribution in [1.29, 1.82) is 0 Å². The molecule has 1 aliphatic heterocycles. The molecule has 2 aromatic rings. The number of aromatic nitrogens is 2. The van der Waals surface area contributed by atoms with E-state index in [1.807, 2.05) is 13.8 Å². The number of fused-ring (bicyclic) bond motifs is 1. The van der Waals surface area contributed by atoms with E-state index in [4.69, 9.17) is 4.98 Å². The highest BCUT2D eigenvalue weighted by atomic mass is 16.1. The number of anilines is 2. The number of hydrogen-bond acceptors (Lipinski definition) is 4. The Balaban J connectivity index is 2.17. The molecule has 0 fully saturated rings. The summed E-state index contributed by atoms with van der Waals surface area (Å²) in [6.07, 6.45) is 0. The van der Waals surface area contributed by atoms with Crippen LogP contribution in [-0.2, 0) is 6.67 Å². The van der Waals surface area contributed by atoms with Crippen molar-refractivity contribution >= 4 is 11.6 Å². The normalized spacial score (nSPS) is 15.1. The Labute approximate surface area is 137 Å². The molecule has 1 aromatic carbocycles. The third-order valence-electron chi connectivity index (χ3n) is 4.58. The molecule has 0 unspecified atom stereocenters. The first-order chi connectivity index (χ1) is 10.9. The molecule has 2 heterocycles. The van der Waals surface area contributed by atoms with Gasteiger partial charge in [-0.15, -0.1) is 0 Å². The zero-order chi connectivity index (χ0) is 16.7. The molecule has 0 radical (unpaired) electrons. The second kappa shape index (κ2) is 5.81. The zero-order valence-electron chi connectivity index (χ0n) is 14.5. The van der Waals surface area contributed by atoms with E-state index in [0.29, 0.717) is 12.7 Å². The van der Waals surface area contributed by atoms with E-state index in [9.17, 15) is 4.79 Å². The summed E-state index contributed by atoms with van der Waals surface area (Å²) in [6.45, 7) is 11.4. The highest BCUT2D eigenvalue weighted by molar-refractivity contribution is 5.58. The Morgan fingerprint density at radius 1 is 1.04 bits per heavy atom. The molecular weight excluding hydrogens is 288 g/mol. The van der Waals surface area contributed by atoms with Crippen molar-refractivity contribution in [2.45, 2.75) is 47.3 Å². The van der Waals surface area contributed by atoms with E-state index in [-0.39, 0.29) is 5.56 Å². The third kappa shape index (κ3) is 2.77. The minimum absolute atomic E-state index is 0.0509. The Hall–Kier alpha value is -2.14. The van der Waals surface area contributed by atoms with Crippen LogP contribution in [0.15, 0.2) is 29.1 Å². The van der Waals surface area contributed by atoms with Crippen molar-refractivity contribution < 1.29 is 0 Å². The van der Waals surface area contributed by atoms with Gasteiger partial charge in [0.05, 0.1) is 13.3 Å². The Bertz CT molecular complexity index is 777. The smallest absolute Gasteiger partial charge is 0.259 e. The van der Waals surface area contributed by atoms with Crippen molar-refractivity contribution in [1.82, 2.24) is 14.5 Å². The van der Waals surface area contributed by atoms with E-state index in [2.05, 4.69) is 54.8 Å². The summed E-state index contributed by atoms with van der Waals surface area (Å²) in [5, 5.41) is 0. The third-order valence-corrected chi connectivity index (χ3v) is 4.58. The van der Waals surface area contributed by atoms with E-state index in [1.165, 1.54) is 5.56 Å². The van der Waals surface area contributed by atoms with Crippen LogP contribution < -0.4 is 10.5 Å². The van der Waals surface area contributed by atoms with E-state index in [0.717, 1.165) is 29.6 Å². The Morgan fingerprint density at radius 3 is 2.30 bits per heavy atom. The molecule has 3 rings (SSSR count). The number of rotatable bonds is 2. The van der Waals surface area contributed by atoms with Crippen LogP contribution in [0.3, 0.4) is 0 Å². The lowest BCUT2D eigenvalue weighted by molar-refractivity contribution is 0.156. The minimum atomic E-state index is 0.0509. The first-order valence-corrected chi connectivity index (χ1v) is 8.04. The summed E-state index contributed by atoms with van der Waals surface area (Å²) < 4.78 is 1.78. The van der Waals surface area contributed by atoms with Gasteiger partial charge >= 0.3 is 0 Å². The highest BCUT2D eigenvalue weighted by Crippen LogP contribution is 2.28. The average Bonchev–Trinajstić information content (AvgIpc) is 2.53. The molecule has 0 bridgehead atoms. The van der Waals surface area contributed by atoms with Crippen molar-refractivity contribution in [2.75, 3.05) is 11.6 Å². The topological polar surface area (TPSA) is 41.4 Å². The lowest BCUT2D eigenvalue weighted by atomic mass is 10.2. The largest absolute Gasteiger partial charge is 0.298 e. The van der Waals surface area contributed by atoms with Crippen LogP contribution >= 0.6 is 0 Å². The van der Waals surface area contributed by atoms with E-state index in [1.54, 1.807) is 4.57 Å². The van der Waals surface area contributed by atoms with Crippen LogP contribution in [0, 0.1) is 20.8 Å². The average molecular weight is 312 g/mol. The molecule has 1 aliphatic rings. The van der Waals surface area contributed by atoms with Crippen LogP contribution in [0.4, 0.5) is 11.6 Å². The second-order valence-electron chi connectivity index (χ2n) is 6.58. The quantitative estimate of drug-likeness (QED) is 0.855. The minimum Gasteiger partial charge on any atom is -0.298 e. The fourth-order valence-corrected chi connectivity index (χ4v) is 2.80. The van der Waals surface area contributed by atoms with Crippen LogP contribution in [-0.4, -0.2) is 27.2 Å². The number of aryl methyl sites for hydroxylation is 2. The van der Waals surface area contributed by atoms with Gasteiger partial charge in [-0.3, -0.25) is 19.2 Å². The molecule has 0 N–H and O–H groups in total. The fraction of sp³-hybridized carbons (Fsp3) is 0.444. The summed E-state index contributed by atoms with van der Waals surface area (Å²) >= 11 is 0. The molecule has 122 valence electrons. The SMILES string of the molecule is Cc1ccc(N2CN(C(C)C)Cn3c2nc(C)c(C)c3=O)cc1. The summed E-state index contributed by atoms with van der Waals surface area (Å²) in [7, 11) is 0. The zero-order valence-corrected chi connectivity index (χ0v) is 14.5. The Morgan fingerprint density at radius 2 is 1.70 bits per heavy atom. The molecular formula is C18H24N4O. The maximum absolute atomic E-state index is 12.7. The summed E-state index contributed by atoms with van der Waals surface area (Å²) in [5.41, 5.74) is 3.86. The van der Waals surface area contributed by atoms with Crippen LogP contribution in [0.5, 0.6) is 0 Å². The summed E-state index contributed by atoms with van der Waals surface area (Å²) in [5.74, 6) is 0.735. The van der Waals surface area contributed by atoms with Crippen molar-refractivity contribution in [3.63, 3.8) is 0 Å². The maximum Gasteiger partial charge on any atom is 0.259 e. The first kappa shape index (κ1) is 15.7. The van der Waals surface area contributed by atoms with Gasteiger partial charge in [0.15, 0.2) is 0 Å². The van der Waals surface area contributed by atoms with Gasteiger partial charge in [-0.25, -0.2) is 4.98 Å². The van der Waals surface area contributed by atoms with Crippen LogP contribution in [0.1, 0.15) is 30.7 Å². The molecule has 1 aromatic heterocycles. The van der Waals surface area contributed by atoms with Crippen LogP contribution in [0.2, 0.25) is 0 Å². The van der Waals surface area contributed by atoms with Crippen molar-refractivity contribution in [3.05, 3.63) is 51.4 Å². The summed E-state index contributed by atoms with van der Waals surface area (Å²) in [4.78, 5) is 21.8. The predicted molar refractivity (Wildman–Crippen MR) is 93.1 cm³/mol. The lowest BCUT2D eigenvalue weighted by Gasteiger charge is -2.40. The highest BCUT2D eigenvalue weighted by Gasteiger charge is 2.28. The van der Waals surface area contributed by atoms with Crippen molar-refractivity contribution in [2.24, 2.45) is 0 Å². The van der Waals surface area contributed by atoms with Gasteiger partial charge in [0.25, 0.3) is 5.56 Å². The van der Waals surface area contributed by atoms with Gasteiger partial charge in [0, 0.05) is 23.0 Å². The monoisotopic (exact) mass is 312 g/mol. The lowest BCUT2D eigenvalue weighted by Crippen LogP contribution is -2.50. The molecule has 0 saturated carbocycles. The van der Waals surface area contributed by atoms with E-state index < -0.39 is 0 Å². The molecule has 5 heteroatoms. The molecule has 0 amide bonds. The standard InChI is InChI=1S/C18H24N4O/c1-12(2)20-10-21(16-8-6-13(3)7-9-16)18-19-15(5)14(4)17(23)22(18)11-20/h6-9,12H,10-11H2,1-5H3. The van der Waals surface area contributed by atoms with Gasteiger partial charge in [-0.2, -0.15) is 0 Å². The van der Waals surface area contributed by atoms with E-state index >= 15 is 0 Å². The van der Waals surface area contributed by atoms with Crippen molar-refractivity contribution in [3.8, 4) is 0 Å². The molecule has 23 heavy (non-hydrogen) atoms. The Kier molecular flexibility index (Phi) is 3.98. The molecule has 5 nitrogen and oxygen atoms in total. The molecule has 0 spiro atoms. The van der Waals surface area contributed by atoms with Gasteiger partial charge in [-0.05, 0) is 46.8 Å². The van der Waals surface area contributed by atoms with Gasteiger partial charge in [-0.1, -0.05) is 17.7 Å². The van der Waals surface area contributed by atoms with Gasteiger partial charge in [0.1, 0.15) is 0 Å². The number of benzene rings is 1. The fourth-order valence-electron chi connectivity index (χ4n) is 2.80. The second-order valence-corrected chi connectivity index (χ2v) is 6.58. The first-order valence-electron chi connectivity index (χ1n) is 8.04. The molecule has 0 saturated heterocycles. The number of nitrogens with zero attached hydrogens (tertiary/aromatic N) is 4. The van der Waals surface area contributed by atoms with Crippen LogP contribution in [0.25, 0.3) is 0 Å². The predicted octanol–water partition coefficient (Wildman–Crippen LogP) is 2.95.